The highest BCUT2D eigenvalue weighted by atomic mass is 15.1. The summed E-state index contributed by atoms with van der Waals surface area (Å²) in [5, 5.41) is 9.21. The maximum Gasteiger partial charge on any atom is 0.101 e. The van der Waals surface area contributed by atoms with Crippen molar-refractivity contribution in [1.82, 2.24) is 4.98 Å². The van der Waals surface area contributed by atoms with Gasteiger partial charge in [0.05, 0.1) is 17.4 Å². The highest BCUT2D eigenvalue weighted by molar-refractivity contribution is 5.58. The predicted molar refractivity (Wildman–Crippen MR) is 74.8 cm³/mol. The van der Waals surface area contributed by atoms with Crippen molar-refractivity contribution in [2.24, 2.45) is 0 Å². The summed E-state index contributed by atoms with van der Waals surface area (Å²) in [6.45, 7) is 1.82. The SMILES string of the molecule is N#Cc1ccncc1N1CCCc2ccccc2C1. The Hall–Kier alpha value is -2.34. The Morgan fingerprint density at radius 3 is 2.84 bits per heavy atom. The molecule has 94 valence electrons. The molecule has 0 bridgehead atoms. The van der Waals surface area contributed by atoms with Gasteiger partial charge in [-0.3, -0.25) is 4.98 Å². The fourth-order valence-electron chi connectivity index (χ4n) is 2.64. The van der Waals surface area contributed by atoms with Gasteiger partial charge >= 0.3 is 0 Å². The second-order valence-electron chi connectivity index (χ2n) is 4.80. The summed E-state index contributed by atoms with van der Waals surface area (Å²) < 4.78 is 0. The van der Waals surface area contributed by atoms with Crippen molar-refractivity contribution >= 4 is 5.69 Å². The van der Waals surface area contributed by atoms with Gasteiger partial charge in [0.25, 0.3) is 0 Å². The molecule has 0 radical (unpaired) electrons. The number of aryl methyl sites for hydroxylation is 1. The summed E-state index contributed by atoms with van der Waals surface area (Å²) in [7, 11) is 0. The van der Waals surface area contributed by atoms with Crippen molar-refractivity contribution < 1.29 is 0 Å². The Morgan fingerprint density at radius 1 is 1.16 bits per heavy atom. The van der Waals surface area contributed by atoms with E-state index in [0.717, 1.165) is 31.6 Å². The van der Waals surface area contributed by atoms with E-state index < -0.39 is 0 Å². The van der Waals surface area contributed by atoms with E-state index in [4.69, 9.17) is 0 Å². The molecule has 0 unspecified atom stereocenters. The molecule has 0 N–H and O–H groups in total. The Morgan fingerprint density at radius 2 is 2.00 bits per heavy atom. The van der Waals surface area contributed by atoms with Gasteiger partial charge in [0.2, 0.25) is 0 Å². The number of anilines is 1. The number of hydrogen-bond donors (Lipinski definition) is 0. The van der Waals surface area contributed by atoms with Gasteiger partial charge in [-0.15, -0.1) is 0 Å². The minimum absolute atomic E-state index is 0.703. The molecule has 0 spiro atoms. The third kappa shape index (κ3) is 2.30. The summed E-state index contributed by atoms with van der Waals surface area (Å²) in [5.41, 5.74) is 4.43. The first-order valence-electron chi connectivity index (χ1n) is 6.54. The fourth-order valence-corrected chi connectivity index (χ4v) is 2.64. The van der Waals surface area contributed by atoms with Crippen LogP contribution in [0.25, 0.3) is 0 Å². The van der Waals surface area contributed by atoms with Crippen molar-refractivity contribution in [2.75, 3.05) is 11.4 Å². The first kappa shape index (κ1) is 11.7. The molecule has 0 aliphatic carbocycles. The van der Waals surface area contributed by atoms with Crippen molar-refractivity contribution in [3.8, 4) is 6.07 Å². The topological polar surface area (TPSA) is 39.9 Å². The summed E-state index contributed by atoms with van der Waals surface area (Å²) >= 11 is 0. The van der Waals surface area contributed by atoms with E-state index in [1.807, 2.05) is 0 Å². The quantitative estimate of drug-likeness (QED) is 0.780. The second-order valence-corrected chi connectivity index (χ2v) is 4.80. The molecule has 1 aromatic heterocycles. The molecule has 1 aliphatic rings. The molecule has 3 nitrogen and oxygen atoms in total. The normalized spacial score (nSPS) is 14.4. The molecular formula is C16H15N3. The van der Waals surface area contributed by atoms with Gasteiger partial charge in [-0.25, -0.2) is 0 Å². The smallest absolute Gasteiger partial charge is 0.101 e. The van der Waals surface area contributed by atoms with Crippen molar-refractivity contribution in [3.05, 3.63) is 59.4 Å². The molecule has 2 heterocycles. The van der Waals surface area contributed by atoms with Gasteiger partial charge in [-0.05, 0) is 30.0 Å². The van der Waals surface area contributed by atoms with Gasteiger partial charge in [0, 0.05) is 19.3 Å². The Bertz CT molecular complexity index is 628. The van der Waals surface area contributed by atoms with Gasteiger partial charge in [-0.1, -0.05) is 24.3 Å². The highest BCUT2D eigenvalue weighted by Gasteiger charge is 2.16. The molecule has 0 saturated carbocycles. The van der Waals surface area contributed by atoms with Crippen LogP contribution in [0.1, 0.15) is 23.1 Å². The summed E-state index contributed by atoms with van der Waals surface area (Å²) in [6, 6.07) is 12.6. The molecule has 0 atom stereocenters. The number of hydrogen-bond acceptors (Lipinski definition) is 3. The van der Waals surface area contributed by atoms with Gasteiger partial charge in [-0.2, -0.15) is 5.26 Å². The maximum atomic E-state index is 9.21. The lowest BCUT2D eigenvalue weighted by Crippen LogP contribution is -2.23. The van der Waals surface area contributed by atoms with Crippen LogP contribution in [0.5, 0.6) is 0 Å². The van der Waals surface area contributed by atoms with Crippen LogP contribution in [-0.4, -0.2) is 11.5 Å². The van der Waals surface area contributed by atoms with Crippen LogP contribution in [0.3, 0.4) is 0 Å². The first-order valence-corrected chi connectivity index (χ1v) is 6.54. The Kier molecular flexibility index (Phi) is 3.16. The van der Waals surface area contributed by atoms with Crippen LogP contribution >= 0.6 is 0 Å². The van der Waals surface area contributed by atoms with E-state index in [-0.39, 0.29) is 0 Å². The molecule has 19 heavy (non-hydrogen) atoms. The van der Waals surface area contributed by atoms with Crippen molar-refractivity contribution in [2.45, 2.75) is 19.4 Å². The van der Waals surface area contributed by atoms with Crippen LogP contribution in [0.4, 0.5) is 5.69 Å². The lowest BCUT2D eigenvalue weighted by molar-refractivity contribution is 0.763. The molecule has 2 aromatic rings. The number of nitriles is 1. The van der Waals surface area contributed by atoms with Crippen LogP contribution < -0.4 is 4.90 Å². The average Bonchev–Trinajstić information content (AvgIpc) is 2.69. The molecular weight excluding hydrogens is 234 g/mol. The maximum absolute atomic E-state index is 9.21. The molecule has 0 fully saturated rings. The van der Waals surface area contributed by atoms with Gasteiger partial charge in [0.1, 0.15) is 6.07 Å². The van der Waals surface area contributed by atoms with Crippen LogP contribution in [0.15, 0.2) is 42.7 Å². The molecule has 1 aromatic carbocycles. The minimum Gasteiger partial charge on any atom is -0.365 e. The van der Waals surface area contributed by atoms with Crippen LogP contribution in [-0.2, 0) is 13.0 Å². The first-order chi connectivity index (χ1) is 9.38. The number of pyridine rings is 1. The molecule has 3 rings (SSSR count). The van der Waals surface area contributed by atoms with Gasteiger partial charge in [0.15, 0.2) is 0 Å². The van der Waals surface area contributed by atoms with E-state index in [1.54, 1.807) is 18.5 Å². The van der Waals surface area contributed by atoms with E-state index in [2.05, 4.69) is 40.2 Å². The molecule has 0 saturated heterocycles. The van der Waals surface area contributed by atoms with E-state index in [9.17, 15) is 5.26 Å². The second kappa shape index (κ2) is 5.11. The lowest BCUT2D eigenvalue weighted by Gasteiger charge is -2.23. The number of nitrogens with zero attached hydrogens (tertiary/aromatic N) is 3. The van der Waals surface area contributed by atoms with Gasteiger partial charge < -0.3 is 4.90 Å². The number of fused-ring (bicyclic) bond motifs is 1. The fraction of sp³-hybridized carbons (Fsp3) is 0.250. The Labute approximate surface area is 113 Å². The van der Waals surface area contributed by atoms with Crippen LogP contribution in [0, 0.1) is 11.3 Å². The van der Waals surface area contributed by atoms with E-state index in [0.29, 0.717) is 5.56 Å². The summed E-state index contributed by atoms with van der Waals surface area (Å²) in [5.74, 6) is 0. The summed E-state index contributed by atoms with van der Waals surface area (Å²) in [6.07, 6.45) is 5.69. The van der Waals surface area contributed by atoms with Crippen LogP contribution in [0.2, 0.25) is 0 Å². The predicted octanol–water partition coefficient (Wildman–Crippen LogP) is 2.91. The van der Waals surface area contributed by atoms with E-state index in [1.165, 1.54) is 11.1 Å². The zero-order valence-electron chi connectivity index (χ0n) is 10.7. The number of aromatic nitrogens is 1. The summed E-state index contributed by atoms with van der Waals surface area (Å²) in [4.78, 5) is 6.42. The van der Waals surface area contributed by atoms with Crippen molar-refractivity contribution in [3.63, 3.8) is 0 Å². The molecule has 0 amide bonds. The number of benzene rings is 1. The lowest BCUT2D eigenvalue weighted by atomic mass is 10.0. The number of rotatable bonds is 1. The largest absolute Gasteiger partial charge is 0.365 e. The van der Waals surface area contributed by atoms with E-state index >= 15 is 0 Å². The zero-order chi connectivity index (χ0) is 13.1. The average molecular weight is 249 g/mol. The van der Waals surface area contributed by atoms with Crippen molar-refractivity contribution in [1.29, 1.82) is 5.26 Å². The third-order valence-electron chi connectivity index (χ3n) is 3.61. The third-order valence-corrected chi connectivity index (χ3v) is 3.61. The monoisotopic (exact) mass is 249 g/mol. The molecule has 1 aliphatic heterocycles. The Balaban J connectivity index is 1.97. The zero-order valence-corrected chi connectivity index (χ0v) is 10.7. The minimum atomic E-state index is 0.703. The standard InChI is InChI=1S/C16H15N3/c17-10-14-7-8-18-11-16(14)19-9-3-6-13-4-1-2-5-15(13)12-19/h1-2,4-5,7-8,11H,3,6,9,12H2. The molecule has 3 heteroatoms. The highest BCUT2D eigenvalue weighted by Crippen LogP contribution is 2.25.